The van der Waals surface area contributed by atoms with Gasteiger partial charge in [0.1, 0.15) is 4.47 Å². The maximum atomic E-state index is 11.9. The maximum absolute atomic E-state index is 11.9. The minimum Gasteiger partial charge on any atom is -0.372 e. The SMILES string of the molecule is C#CCNc1cnn(CC2CC2)c(=O)c1Br. The molecule has 1 saturated carbocycles. The average molecular weight is 282 g/mol. The number of hydrogen-bond acceptors (Lipinski definition) is 3. The van der Waals surface area contributed by atoms with Crippen molar-refractivity contribution in [2.75, 3.05) is 11.9 Å². The van der Waals surface area contributed by atoms with Crippen LogP contribution in [0.1, 0.15) is 12.8 Å². The summed E-state index contributed by atoms with van der Waals surface area (Å²) >= 11 is 3.27. The molecule has 0 spiro atoms. The number of halogens is 1. The van der Waals surface area contributed by atoms with Crippen LogP contribution in [-0.4, -0.2) is 16.3 Å². The maximum Gasteiger partial charge on any atom is 0.283 e. The number of anilines is 1. The van der Waals surface area contributed by atoms with E-state index < -0.39 is 0 Å². The van der Waals surface area contributed by atoms with Crippen LogP contribution in [0, 0.1) is 18.3 Å². The van der Waals surface area contributed by atoms with E-state index in [1.165, 1.54) is 17.5 Å². The first-order valence-electron chi connectivity index (χ1n) is 5.15. The number of rotatable bonds is 4. The molecule has 0 atom stereocenters. The van der Waals surface area contributed by atoms with Crippen LogP contribution in [-0.2, 0) is 6.54 Å². The van der Waals surface area contributed by atoms with Crippen LogP contribution in [0.25, 0.3) is 0 Å². The summed E-state index contributed by atoms with van der Waals surface area (Å²) in [6.45, 7) is 1.10. The second kappa shape index (κ2) is 4.71. The molecule has 1 heterocycles. The molecule has 2 rings (SSSR count). The molecule has 0 bridgehead atoms. The second-order valence-electron chi connectivity index (χ2n) is 3.86. The van der Waals surface area contributed by atoms with Gasteiger partial charge >= 0.3 is 0 Å². The Bertz CT molecular complexity index is 485. The normalized spacial score (nSPS) is 14.5. The number of nitrogens with one attached hydrogen (secondary N) is 1. The van der Waals surface area contributed by atoms with Crippen molar-refractivity contribution in [1.82, 2.24) is 9.78 Å². The van der Waals surface area contributed by atoms with Gasteiger partial charge in [-0.1, -0.05) is 5.92 Å². The number of hydrogen-bond donors (Lipinski definition) is 1. The highest BCUT2D eigenvalue weighted by Gasteiger charge is 2.23. The van der Waals surface area contributed by atoms with Crippen molar-refractivity contribution in [3.63, 3.8) is 0 Å². The largest absolute Gasteiger partial charge is 0.372 e. The van der Waals surface area contributed by atoms with Crippen LogP contribution < -0.4 is 10.9 Å². The van der Waals surface area contributed by atoms with Gasteiger partial charge in [-0.3, -0.25) is 4.79 Å². The first-order chi connectivity index (χ1) is 7.72. The molecule has 1 aliphatic carbocycles. The lowest BCUT2D eigenvalue weighted by Crippen LogP contribution is -2.25. The highest BCUT2D eigenvalue weighted by atomic mass is 79.9. The Labute approximate surface area is 102 Å². The molecule has 0 unspecified atom stereocenters. The predicted octanol–water partition coefficient (Wildman–Crippen LogP) is 1.46. The van der Waals surface area contributed by atoms with Gasteiger partial charge in [0, 0.05) is 6.54 Å². The van der Waals surface area contributed by atoms with Crippen molar-refractivity contribution in [2.45, 2.75) is 19.4 Å². The summed E-state index contributed by atoms with van der Waals surface area (Å²) in [5.74, 6) is 3.08. The summed E-state index contributed by atoms with van der Waals surface area (Å²) in [6.07, 6.45) is 9.16. The van der Waals surface area contributed by atoms with Gasteiger partial charge in [0.2, 0.25) is 0 Å². The summed E-state index contributed by atoms with van der Waals surface area (Å²) in [5, 5.41) is 7.06. The summed E-state index contributed by atoms with van der Waals surface area (Å²) in [4.78, 5) is 11.9. The van der Waals surface area contributed by atoms with Gasteiger partial charge in [-0.15, -0.1) is 6.42 Å². The van der Waals surface area contributed by atoms with Gasteiger partial charge in [0.25, 0.3) is 5.56 Å². The van der Waals surface area contributed by atoms with Gasteiger partial charge in [-0.05, 0) is 34.7 Å². The summed E-state index contributed by atoms with van der Waals surface area (Å²) in [7, 11) is 0. The minimum atomic E-state index is -0.103. The molecule has 0 aromatic carbocycles. The highest BCUT2D eigenvalue weighted by molar-refractivity contribution is 9.10. The van der Waals surface area contributed by atoms with Gasteiger partial charge in [-0.25, -0.2) is 4.68 Å². The first kappa shape index (κ1) is 11.2. The van der Waals surface area contributed by atoms with Crippen LogP contribution in [0.3, 0.4) is 0 Å². The second-order valence-corrected chi connectivity index (χ2v) is 4.65. The van der Waals surface area contributed by atoms with Crippen molar-refractivity contribution < 1.29 is 0 Å². The molecule has 4 nitrogen and oxygen atoms in total. The molecule has 16 heavy (non-hydrogen) atoms. The summed E-state index contributed by atoms with van der Waals surface area (Å²) in [5.41, 5.74) is 0.545. The Morgan fingerprint density at radius 3 is 3.06 bits per heavy atom. The molecule has 1 N–H and O–H groups in total. The number of nitrogens with zero attached hydrogens (tertiary/aromatic N) is 2. The van der Waals surface area contributed by atoms with Crippen molar-refractivity contribution in [2.24, 2.45) is 5.92 Å². The minimum absolute atomic E-state index is 0.103. The van der Waals surface area contributed by atoms with Crippen molar-refractivity contribution in [3.8, 4) is 12.3 Å². The molecule has 0 saturated heterocycles. The van der Waals surface area contributed by atoms with Crippen LogP contribution in [0.4, 0.5) is 5.69 Å². The highest BCUT2D eigenvalue weighted by Crippen LogP contribution is 2.30. The Morgan fingerprint density at radius 1 is 1.69 bits per heavy atom. The molecular formula is C11H12BrN3O. The van der Waals surface area contributed by atoms with E-state index in [1.807, 2.05) is 0 Å². The lowest BCUT2D eigenvalue weighted by atomic mass is 10.4. The van der Waals surface area contributed by atoms with E-state index >= 15 is 0 Å². The van der Waals surface area contributed by atoms with Crippen molar-refractivity contribution >= 4 is 21.6 Å². The van der Waals surface area contributed by atoms with E-state index in [-0.39, 0.29) is 5.56 Å². The van der Waals surface area contributed by atoms with Gasteiger partial charge < -0.3 is 5.32 Å². The fourth-order valence-corrected chi connectivity index (χ4v) is 1.86. The van der Waals surface area contributed by atoms with E-state index in [1.54, 1.807) is 6.20 Å². The van der Waals surface area contributed by atoms with Crippen molar-refractivity contribution in [1.29, 1.82) is 0 Å². The molecule has 0 aliphatic heterocycles. The molecule has 84 valence electrons. The van der Waals surface area contributed by atoms with E-state index in [0.717, 1.165) is 0 Å². The molecule has 1 fully saturated rings. The topological polar surface area (TPSA) is 46.9 Å². The van der Waals surface area contributed by atoms with E-state index in [0.29, 0.717) is 29.2 Å². The van der Waals surface area contributed by atoms with Gasteiger partial charge in [-0.2, -0.15) is 5.10 Å². The molecular weight excluding hydrogens is 270 g/mol. The Kier molecular flexibility index (Phi) is 3.30. The van der Waals surface area contributed by atoms with Crippen LogP contribution in [0.2, 0.25) is 0 Å². The average Bonchev–Trinajstić information content (AvgIpc) is 3.08. The number of terminal acetylenes is 1. The van der Waals surface area contributed by atoms with Crippen LogP contribution >= 0.6 is 15.9 Å². The third-order valence-electron chi connectivity index (χ3n) is 2.49. The van der Waals surface area contributed by atoms with E-state index in [2.05, 4.69) is 32.3 Å². The Hall–Kier alpha value is -1.28. The zero-order valence-electron chi connectivity index (χ0n) is 8.74. The fraction of sp³-hybridized carbons (Fsp3) is 0.455. The third kappa shape index (κ3) is 2.45. The standard InChI is InChI=1S/C11H12BrN3O/c1-2-5-13-9-6-14-15(7-8-3-4-8)11(16)10(9)12/h1,6,8,13H,3-5,7H2. The first-order valence-corrected chi connectivity index (χ1v) is 5.94. The van der Waals surface area contributed by atoms with Gasteiger partial charge in [0.05, 0.1) is 18.4 Å². The van der Waals surface area contributed by atoms with E-state index in [9.17, 15) is 4.79 Å². The fourth-order valence-electron chi connectivity index (χ4n) is 1.41. The van der Waals surface area contributed by atoms with Crippen molar-refractivity contribution in [3.05, 3.63) is 21.0 Å². The van der Waals surface area contributed by atoms with Gasteiger partial charge in [0.15, 0.2) is 0 Å². The zero-order valence-corrected chi connectivity index (χ0v) is 10.3. The summed E-state index contributed by atoms with van der Waals surface area (Å²) in [6, 6.07) is 0. The van der Waals surface area contributed by atoms with Crippen LogP contribution in [0.5, 0.6) is 0 Å². The lowest BCUT2D eigenvalue weighted by Gasteiger charge is -2.08. The van der Waals surface area contributed by atoms with E-state index in [4.69, 9.17) is 6.42 Å². The molecule has 1 aliphatic rings. The van der Waals surface area contributed by atoms with Crippen LogP contribution in [0.15, 0.2) is 15.5 Å². The predicted molar refractivity (Wildman–Crippen MR) is 66.2 cm³/mol. The molecule has 1 aromatic rings. The Balaban J connectivity index is 2.21. The Morgan fingerprint density at radius 2 is 2.44 bits per heavy atom. The zero-order chi connectivity index (χ0) is 11.5. The monoisotopic (exact) mass is 281 g/mol. The molecule has 0 amide bonds. The summed E-state index contributed by atoms with van der Waals surface area (Å²) < 4.78 is 2.00. The molecule has 1 aromatic heterocycles. The quantitative estimate of drug-likeness (QED) is 0.850. The molecule has 5 heteroatoms. The lowest BCUT2D eigenvalue weighted by molar-refractivity contribution is 0.532. The molecule has 0 radical (unpaired) electrons. The number of aromatic nitrogens is 2. The smallest absolute Gasteiger partial charge is 0.283 e. The third-order valence-corrected chi connectivity index (χ3v) is 3.26.